The molecule has 74 valence electrons. The first-order chi connectivity index (χ1) is 6.56. The third kappa shape index (κ3) is 1.93. The summed E-state index contributed by atoms with van der Waals surface area (Å²) in [5, 5.41) is 17.2. The maximum atomic E-state index is 12.9. The number of pyridine rings is 1. The Kier molecular flexibility index (Phi) is 2.92. The molecule has 0 aliphatic rings. The van der Waals surface area contributed by atoms with Crippen LogP contribution in [0.15, 0.2) is 6.07 Å². The van der Waals surface area contributed by atoms with Gasteiger partial charge in [-0.25, -0.2) is 13.8 Å². The molecule has 6 heteroatoms. The minimum absolute atomic E-state index is 0.200. The van der Waals surface area contributed by atoms with Gasteiger partial charge in [0.2, 0.25) is 5.95 Å². The highest BCUT2D eigenvalue weighted by Crippen LogP contribution is 2.27. The minimum atomic E-state index is -3.04. The van der Waals surface area contributed by atoms with Gasteiger partial charge in [0.1, 0.15) is 5.75 Å². The smallest absolute Gasteiger partial charge is 0.284 e. The quantitative estimate of drug-likeness (QED) is 0.745. The van der Waals surface area contributed by atoms with Crippen LogP contribution in [0.3, 0.4) is 0 Å². The molecule has 0 bridgehead atoms. The number of rotatable bonds is 2. The topological polar surface area (TPSA) is 56.9 Å². The lowest BCUT2D eigenvalue weighted by molar-refractivity contribution is 0.140. The third-order valence-electron chi connectivity index (χ3n) is 1.53. The van der Waals surface area contributed by atoms with Crippen molar-refractivity contribution in [1.29, 1.82) is 5.26 Å². The van der Waals surface area contributed by atoms with E-state index >= 15 is 0 Å². The standard InChI is InChI=1S/C8H5F3N2O/c9-7(10)6-5(14)3-4(1-2-12)8(11)13-6/h3,7,14H,1H2. The van der Waals surface area contributed by atoms with Crippen LogP contribution in [0.5, 0.6) is 5.75 Å². The zero-order valence-corrected chi connectivity index (χ0v) is 6.84. The number of aromatic nitrogens is 1. The Morgan fingerprint density at radius 1 is 1.57 bits per heavy atom. The van der Waals surface area contributed by atoms with E-state index in [4.69, 9.17) is 10.4 Å². The number of hydrogen-bond donors (Lipinski definition) is 1. The zero-order chi connectivity index (χ0) is 10.7. The maximum absolute atomic E-state index is 12.9. The third-order valence-corrected chi connectivity index (χ3v) is 1.53. The van der Waals surface area contributed by atoms with Crippen molar-refractivity contribution in [1.82, 2.24) is 4.98 Å². The number of nitriles is 1. The Morgan fingerprint density at radius 2 is 2.21 bits per heavy atom. The molecule has 1 N–H and O–H groups in total. The predicted molar refractivity (Wildman–Crippen MR) is 40.1 cm³/mol. The van der Waals surface area contributed by atoms with E-state index in [1.54, 1.807) is 6.07 Å². The van der Waals surface area contributed by atoms with E-state index < -0.39 is 23.8 Å². The van der Waals surface area contributed by atoms with Crippen LogP contribution in [0, 0.1) is 17.3 Å². The summed E-state index contributed by atoms with van der Waals surface area (Å²) in [4.78, 5) is 2.87. The summed E-state index contributed by atoms with van der Waals surface area (Å²) in [5.41, 5.74) is -1.21. The second-order valence-electron chi connectivity index (χ2n) is 2.48. The van der Waals surface area contributed by atoms with Crippen molar-refractivity contribution in [3.63, 3.8) is 0 Å². The van der Waals surface area contributed by atoms with E-state index in [9.17, 15) is 13.2 Å². The lowest BCUT2D eigenvalue weighted by Gasteiger charge is -2.04. The van der Waals surface area contributed by atoms with Crippen molar-refractivity contribution in [2.45, 2.75) is 12.8 Å². The monoisotopic (exact) mass is 202 g/mol. The first-order valence-corrected chi connectivity index (χ1v) is 3.59. The van der Waals surface area contributed by atoms with Gasteiger partial charge in [0.05, 0.1) is 12.5 Å². The molecule has 0 aliphatic heterocycles. The van der Waals surface area contributed by atoms with Gasteiger partial charge in [0, 0.05) is 5.56 Å². The number of nitrogens with zero attached hydrogens (tertiary/aromatic N) is 2. The van der Waals surface area contributed by atoms with Gasteiger partial charge in [0.25, 0.3) is 6.43 Å². The van der Waals surface area contributed by atoms with Crippen molar-refractivity contribution >= 4 is 0 Å². The number of hydrogen-bond acceptors (Lipinski definition) is 3. The van der Waals surface area contributed by atoms with Crippen molar-refractivity contribution in [2.75, 3.05) is 0 Å². The molecule has 0 saturated carbocycles. The van der Waals surface area contributed by atoms with Gasteiger partial charge in [0.15, 0.2) is 5.69 Å². The largest absolute Gasteiger partial charge is 0.506 e. The number of halogens is 3. The molecule has 0 amide bonds. The fourth-order valence-corrected chi connectivity index (χ4v) is 0.903. The molecule has 0 aliphatic carbocycles. The fraction of sp³-hybridized carbons (Fsp3) is 0.250. The highest BCUT2D eigenvalue weighted by molar-refractivity contribution is 5.32. The van der Waals surface area contributed by atoms with Crippen LogP contribution < -0.4 is 0 Å². The molecule has 14 heavy (non-hydrogen) atoms. The van der Waals surface area contributed by atoms with E-state index in [0.29, 0.717) is 0 Å². The molecule has 0 saturated heterocycles. The normalized spacial score (nSPS) is 10.2. The Morgan fingerprint density at radius 3 is 2.71 bits per heavy atom. The molecule has 0 fully saturated rings. The van der Waals surface area contributed by atoms with Gasteiger partial charge in [-0.2, -0.15) is 9.65 Å². The van der Waals surface area contributed by atoms with Gasteiger partial charge in [-0.3, -0.25) is 0 Å². The van der Waals surface area contributed by atoms with E-state index in [1.165, 1.54) is 0 Å². The van der Waals surface area contributed by atoms with Gasteiger partial charge in [-0.15, -0.1) is 0 Å². The van der Waals surface area contributed by atoms with Crippen molar-refractivity contribution in [3.05, 3.63) is 23.3 Å². The molecule has 1 rings (SSSR count). The maximum Gasteiger partial charge on any atom is 0.284 e. The zero-order valence-electron chi connectivity index (χ0n) is 6.84. The Labute approximate surface area is 77.4 Å². The molecule has 3 nitrogen and oxygen atoms in total. The van der Waals surface area contributed by atoms with Crippen LogP contribution in [-0.2, 0) is 6.42 Å². The Balaban J connectivity index is 3.18. The highest BCUT2D eigenvalue weighted by Gasteiger charge is 2.18. The first-order valence-electron chi connectivity index (χ1n) is 3.59. The second-order valence-corrected chi connectivity index (χ2v) is 2.48. The summed E-state index contributed by atoms with van der Waals surface area (Å²) >= 11 is 0. The summed E-state index contributed by atoms with van der Waals surface area (Å²) in [6.07, 6.45) is -3.36. The van der Waals surface area contributed by atoms with Gasteiger partial charge < -0.3 is 5.11 Å². The molecule has 0 aromatic carbocycles. The summed E-state index contributed by atoms with van der Waals surface area (Å²) in [7, 11) is 0. The van der Waals surface area contributed by atoms with Crippen molar-refractivity contribution in [3.8, 4) is 11.8 Å². The van der Waals surface area contributed by atoms with Gasteiger partial charge in [-0.1, -0.05) is 0 Å². The molecule has 0 unspecified atom stereocenters. The average Bonchev–Trinajstić information content (AvgIpc) is 2.10. The van der Waals surface area contributed by atoms with Crippen molar-refractivity contribution in [2.24, 2.45) is 0 Å². The van der Waals surface area contributed by atoms with Crippen LogP contribution >= 0.6 is 0 Å². The Bertz CT molecular complexity index is 387. The number of aromatic hydroxyl groups is 1. The Hall–Kier alpha value is -1.77. The second kappa shape index (κ2) is 3.96. The molecule has 1 heterocycles. The summed E-state index contributed by atoms with van der Waals surface area (Å²) in [5.74, 6) is -1.95. The van der Waals surface area contributed by atoms with E-state index in [-0.39, 0.29) is 12.0 Å². The van der Waals surface area contributed by atoms with Gasteiger partial charge in [-0.05, 0) is 6.07 Å². The molecular weight excluding hydrogens is 197 g/mol. The minimum Gasteiger partial charge on any atom is -0.506 e. The number of alkyl halides is 2. The lowest BCUT2D eigenvalue weighted by atomic mass is 10.2. The molecule has 0 atom stereocenters. The highest BCUT2D eigenvalue weighted by atomic mass is 19.3. The predicted octanol–water partition coefficient (Wildman–Crippen LogP) is 1.93. The van der Waals surface area contributed by atoms with Crippen molar-refractivity contribution < 1.29 is 18.3 Å². The first kappa shape index (κ1) is 10.3. The molecule has 0 spiro atoms. The van der Waals surface area contributed by atoms with Gasteiger partial charge >= 0.3 is 0 Å². The molecule has 0 radical (unpaired) electrons. The van der Waals surface area contributed by atoms with E-state index in [2.05, 4.69) is 4.98 Å². The van der Waals surface area contributed by atoms with Crippen LogP contribution in [-0.4, -0.2) is 10.1 Å². The SMILES string of the molecule is N#CCc1cc(O)c(C(F)F)nc1F. The fourth-order valence-electron chi connectivity index (χ4n) is 0.903. The average molecular weight is 202 g/mol. The molecule has 1 aromatic heterocycles. The van der Waals surface area contributed by atoms with Crippen LogP contribution in [0.25, 0.3) is 0 Å². The van der Waals surface area contributed by atoms with Crippen LogP contribution in [0.1, 0.15) is 17.7 Å². The van der Waals surface area contributed by atoms with Crippen LogP contribution in [0.2, 0.25) is 0 Å². The summed E-state index contributed by atoms with van der Waals surface area (Å²) in [6.45, 7) is 0. The van der Waals surface area contributed by atoms with Crippen LogP contribution in [0.4, 0.5) is 13.2 Å². The lowest BCUT2D eigenvalue weighted by Crippen LogP contribution is -1.99. The molecular formula is C8H5F3N2O. The summed E-state index contributed by atoms with van der Waals surface area (Å²) in [6, 6.07) is 2.41. The van der Waals surface area contributed by atoms with E-state index in [1.807, 2.05) is 0 Å². The van der Waals surface area contributed by atoms with E-state index in [0.717, 1.165) is 6.07 Å². The molecule has 1 aromatic rings. The summed E-state index contributed by atoms with van der Waals surface area (Å²) < 4.78 is 37.0.